The van der Waals surface area contributed by atoms with Crippen molar-refractivity contribution in [2.45, 2.75) is 32.2 Å². The third kappa shape index (κ3) is 4.46. The lowest BCUT2D eigenvalue weighted by Gasteiger charge is -2.32. The lowest BCUT2D eigenvalue weighted by atomic mass is 9.93. The molecule has 1 saturated heterocycles. The molecule has 1 N–H and O–H groups in total. The summed E-state index contributed by atoms with van der Waals surface area (Å²) in [6.07, 6.45) is 10.8. The number of anilines is 2. The molecule has 3 aromatic rings. The zero-order valence-electron chi connectivity index (χ0n) is 15.5. The van der Waals surface area contributed by atoms with E-state index in [1.54, 1.807) is 24.8 Å². The van der Waals surface area contributed by atoms with Crippen LogP contribution in [-0.2, 0) is 6.54 Å². The second-order valence-electron chi connectivity index (χ2n) is 7.02. The first kappa shape index (κ1) is 17.5. The first-order valence-corrected chi connectivity index (χ1v) is 9.40. The molecule has 0 amide bonds. The normalized spacial score (nSPS) is 15.6. The van der Waals surface area contributed by atoms with Crippen molar-refractivity contribution < 1.29 is 0 Å². The van der Waals surface area contributed by atoms with Crippen LogP contribution in [0.25, 0.3) is 0 Å². The Morgan fingerprint density at radius 2 is 1.81 bits per heavy atom. The number of nitrogens with one attached hydrogen (secondary N) is 1. The minimum Gasteiger partial charge on any atom is -0.322 e. The summed E-state index contributed by atoms with van der Waals surface area (Å²) in [6, 6.07) is 8.65. The molecule has 1 aromatic carbocycles. The minimum absolute atomic E-state index is 0.453. The number of piperidine rings is 1. The van der Waals surface area contributed by atoms with Gasteiger partial charge < -0.3 is 5.32 Å². The highest BCUT2D eigenvalue weighted by atomic mass is 15.1. The third-order valence-electron chi connectivity index (χ3n) is 5.13. The zero-order valence-corrected chi connectivity index (χ0v) is 15.5. The molecule has 27 heavy (non-hydrogen) atoms. The Hall–Kier alpha value is -2.86. The van der Waals surface area contributed by atoms with Gasteiger partial charge in [-0.25, -0.2) is 9.97 Å². The number of nitrogens with zero attached hydrogens (tertiary/aromatic N) is 5. The van der Waals surface area contributed by atoms with Gasteiger partial charge in [-0.1, -0.05) is 24.3 Å². The fraction of sp³-hybridized carbons (Fsp3) is 0.333. The van der Waals surface area contributed by atoms with E-state index < -0.39 is 0 Å². The van der Waals surface area contributed by atoms with Gasteiger partial charge in [-0.3, -0.25) is 14.9 Å². The highest BCUT2D eigenvalue weighted by Gasteiger charge is 2.22. The summed E-state index contributed by atoms with van der Waals surface area (Å²) in [4.78, 5) is 19.9. The third-order valence-corrected chi connectivity index (χ3v) is 5.13. The van der Waals surface area contributed by atoms with E-state index in [0.29, 0.717) is 11.7 Å². The number of benzene rings is 1. The van der Waals surface area contributed by atoms with Gasteiger partial charge in [0.2, 0.25) is 0 Å². The van der Waals surface area contributed by atoms with Crippen molar-refractivity contribution in [1.82, 2.24) is 24.8 Å². The van der Waals surface area contributed by atoms with Crippen LogP contribution in [0.3, 0.4) is 0 Å². The van der Waals surface area contributed by atoms with E-state index in [1.165, 1.54) is 11.1 Å². The van der Waals surface area contributed by atoms with Gasteiger partial charge in [0.25, 0.3) is 0 Å². The molecule has 1 fully saturated rings. The maximum Gasteiger partial charge on any atom is 0.150 e. The van der Waals surface area contributed by atoms with Crippen molar-refractivity contribution in [3.63, 3.8) is 0 Å². The summed E-state index contributed by atoms with van der Waals surface area (Å²) in [5, 5.41) is 3.17. The minimum atomic E-state index is 0.453. The topological polar surface area (TPSA) is 66.8 Å². The summed E-state index contributed by atoms with van der Waals surface area (Å²) < 4.78 is 0. The first-order chi connectivity index (χ1) is 13.3. The van der Waals surface area contributed by atoms with E-state index in [9.17, 15) is 0 Å². The smallest absolute Gasteiger partial charge is 0.150 e. The maximum atomic E-state index is 4.75. The molecule has 138 valence electrons. The fourth-order valence-electron chi connectivity index (χ4n) is 3.55. The van der Waals surface area contributed by atoms with Crippen LogP contribution < -0.4 is 5.32 Å². The van der Waals surface area contributed by atoms with Crippen LogP contribution >= 0.6 is 0 Å². The maximum absolute atomic E-state index is 4.75. The molecule has 2 aromatic heterocycles. The van der Waals surface area contributed by atoms with E-state index in [0.717, 1.165) is 44.0 Å². The Bertz CT molecular complexity index is 875. The summed E-state index contributed by atoms with van der Waals surface area (Å²) in [6.45, 7) is 5.39. The average Bonchev–Trinajstić information content (AvgIpc) is 2.71. The van der Waals surface area contributed by atoms with Crippen LogP contribution in [0.1, 0.15) is 35.6 Å². The quantitative estimate of drug-likeness (QED) is 0.748. The second kappa shape index (κ2) is 8.22. The molecule has 0 spiro atoms. The number of aryl methyl sites for hydroxylation is 1. The van der Waals surface area contributed by atoms with Crippen LogP contribution in [0.5, 0.6) is 0 Å². The van der Waals surface area contributed by atoms with Crippen molar-refractivity contribution in [2.75, 3.05) is 18.4 Å². The molecule has 6 heteroatoms. The number of hydrogen-bond donors (Lipinski definition) is 1. The molecule has 0 saturated carbocycles. The Kier molecular flexibility index (Phi) is 5.34. The van der Waals surface area contributed by atoms with Crippen molar-refractivity contribution in [3.8, 4) is 0 Å². The van der Waals surface area contributed by atoms with Crippen molar-refractivity contribution in [2.24, 2.45) is 0 Å². The molecule has 0 radical (unpaired) electrons. The van der Waals surface area contributed by atoms with Crippen LogP contribution in [-0.4, -0.2) is 37.9 Å². The van der Waals surface area contributed by atoms with Gasteiger partial charge >= 0.3 is 0 Å². The summed E-state index contributed by atoms with van der Waals surface area (Å²) >= 11 is 0. The lowest BCUT2D eigenvalue weighted by Crippen LogP contribution is -2.33. The number of aromatic nitrogens is 4. The van der Waals surface area contributed by atoms with E-state index >= 15 is 0 Å². The lowest BCUT2D eigenvalue weighted by molar-refractivity contribution is 0.203. The molecule has 3 heterocycles. The van der Waals surface area contributed by atoms with Crippen molar-refractivity contribution >= 4 is 11.6 Å². The Morgan fingerprint density at radius 3 is 2.59 bits per heavy atom. The van der Waals surface area contributed by atoms with Gasteiger partial charge in [0, 0.05) is 31.1 Å². The predicted molar refractivity (Wildman–Crippen MR) is 106 cm³/mol. The van der Waals surface area contributed by atoms with E-state index in [1.807, 2.05) is 6.20 Å². The van der Waals surface area contributed by atoms with Crippen LogP contribution in [0.15, 0.2) is 55.2 Å². The first-order valence-electron chi connectivity index (χ1n) is 9.40. The van der Waals surface area contributed by atoms with Crippen molar-refractivity contribution in [3.05, 3.63) is 72.1 Å². The monoisotopic (exact) mass is 360 g/mol. The van der Waals surface area contributed by atoms with Gasteiger partial charge in [-0.15, -0.1) is 0 Å². The summed E-state index contributed by atoms with van der Waals surface area (Å²) in [5.41, 5.74) is 3.85. The van der Waals surface area contributed by atoms with Gasteiger partial charge in [0.1, 0.15) is 11.6 Å². The SMILES string of the molecule is Cc1ccccc1CN1CCC(c2cncc(Nc3cnccn3)n2)CC1. The molecule has 1 aliphatic heterocycles. The fourth-order valence-corrected chi connectivity index (χ4v) is 3.55. The highest BCUT2D eigenvalue weighted by molar-refractivity contribution is 5.48. The second-order valence-corrected chi connectivity index (χ2v) is 7.02. The van der Waals surface area contributed by atoms with E-state index in [4.69, 9.17) is 4.98 Å². The standard InChI is InChI=1S/C21H24N6/c1-16-4-2-3-5-18(16)15-27-10-6-17(7-11-27)19-12-23-14-21(25-19)26-20-13-22-8-9-24-20/h2-5,8-9,12-14,17H,6-7,10-11,15H2,1H3,(H,24,25,26). The van der Waals surface area contributed by atoms with Gasteiger partial charge in [0.05, 0.1) is 18.1 Å². The molecule has 0 atom stereocenters. The average molecular weight is 360 g/mol. The van der Waals surface area contributed by atoms with Gasteiger partial charge in [-0.05, 0) is 44.0 Å². The number of rotatable bonds is 5. The predicted octanol–water partition coefficient (Wildman–Crippen LogP) is 3.70. The molecular formula is C21H24N6. The highest BCUT2D eigenvalue weighted by Crippen LogP contribution is 2.28. The van der Waals surface area contributed by atoms with Crippen LogP contribution in [0.2, 0.25) is 0 Å². The molecular weight excluding hydrogens is 336 g/mol. The Balaban J connectivity index is 1.37. The Morgan fingerprint density at radius 1 is 1.00 bits per heavy atom. The van der Waals surface area contributed by atoms with E-state index in [-0.39, 0.29) is 0 Å². The molecule has 0 unspecified atom stereocenters. The molecule has 1 aliphatic rings. The van der Waals surface area contributed by atoms with Gasteiger partial charge in [-0.2, -0.15) is 0 Å². The van der Waals surface area contributed by atoms with Gasteiger partial charge in [0.15, 0.2) is 0 Å². The molecule has 0 aliphatic carbocycles. The van der Waals surface area contributed by atoms with Crippen molar-refractivity contribution in [1.29, 1.82) is 0 Å². The number of hydrogen-bond acceptors (Lipinski definition) is 6. The largest absolute Gasteiger partial charge is 0.322 e. The molecule has 0 bridgehead atoms. The zero-order chi connectivity index (χ0) is 18.5. The summed E-state index contributed by atoms with van der Waals surface area (Å²) in [7, 11) is 0. The van der Waals surface area contributed by atoms with Crippen LogP contribution in [0, 0.1) is 6.92 Å². The molecule has 6 nitrogen and oxygen atoms in total. The van der Waals surface area contributed by atoms with E-state index in [2.05, 4.69) is 56.4 Å². The van der Waals surface area contributed by atoms with Crippen LogP contribution in [0.4, 0.5) is 11.6 Å². The Labute approximate surface area is 159 Å². The number of likely N-dealkylation sites (tertiary alicyclic amines) is 1. The summed E-state index contributed by atoms with van der Waals surface area (Å²) in [5.74, 6) is 1.85. The molecule has 4 rings (SSSR count).